The van der Waals surface area contributed by atoms with Crippen molar-refractivity contribution >= 4 is 5.97 Å². The second-order valence-electron chi connectivity index (χ2n) is 4.88. The summed E-state index contributed by atoms with van der Waals surface area (Å²) in [5.74, 6) is 0.222. The standard InChI is InChI=1S/C17H22O3/c1-3-19-16(17(18)20-4-2)12-14-10-7-9-13-8-5-6-11-15(13)14/h5-6,8,11-12,14H,3-4,7,9-10H2,1-2H3/b16-12-/t14-/m0/s1. The summed E-state index contributed by atoms with van der Waals surface area (Å²) in [5.41, 5.74) is 2.68. The quantitative estimate of drug-likeness (QED) is 0.467. The first-order chi connectivity index (χ1) is 9.76. The fourth-order valence-corrected chi connectivity index (χ4v) is 2.68. The van der Waals surface area contributed by atoms with Gasteiger partial charge in [-0.25, -0.2) is 4.79 Å². The molecule has 1 aliphatic carbocycles. The maximum atomic E-state index is 11.9. The lowest BCUT2D eigenvalue weighted by molar-refractivity contribution is -0.142. The lowest BCUT2D eigenvalue weighted by Crippen LogP contribution is -2.14. The summed E-state index contributed by atoms with van der Waals surface area (Å²) in [6.45, 7) is 4.52. The number of ether oxygens (including phenoxy) is 2. The van der Waals surface area contributed by atoms with Crippen LogP contribution in [0.1, 0.15) is 43.7 Å². The van der Waals surface area contributed by atoms with Gasteiger partial charge in [0.1, 0.15) is 0 Å². The second kappa shape index (κ2) is 7.13. The Balaban J connectivity index is 2.25. The molecule has 20 heavy (non-hydrogen) atoms. The number of benzene rings is 1. The number of hydrogen-bond acceptors (Lipinski definition) is 3. The number of rotatable bonds is 5. The molecule has 0 aliphatic heterocycles. The van der Waals surface area contributed by atoms with Gasteiger partial charge < -0.3 is 9.47 Å². The van der Waals surface area contributed by atoms with Crippen LogP contribution in [0.3, 0.4) is 0 Å². The minimum Gasteiger partial charge on any atom is -0.487 e. The smallest absolute Gasteiger partial charge is 0.373 e. The molecular weight excluding hydrogens is 252 g/mol. The topological polar surface area (TPSA) is 35.5 Å². The molecule has 0 aromatic heterocycles. The first-order valence-corrected chi connectivity index (χ1v) is 7.35. The van der Waals surface area contributed by atoms with Crippen molar-refractivity contribution < 1.29 is 14.3 Å². The fraction of sp³-hybridized carbons (Fsp3) is 0.471. The van der Waals surface area contributed by atoms with Crippen LogP contribution >= 0.6 is 0 Å². The number of aryl methyl sites for hydroxylation is 1. The van der Waals surface area contributed by atoms with Gasteiger partial charge in [0, 0.05) is 5.92 Å². The van der Waals surface area contributed by atoms with E-state index in [0.29, 0.717) is 19.0 Å². The molecule has 0 radical (unpaired) electrons. The predicted octanol–water partition coefficient (Wildman–Crippen LogP) is 3.59. The van der Waals surface area contributed by atoms with Gasteiger partial charge in [-0.1, -0.05) is 24.3 Å². The molecule has 3 heteroatoms. The summed E-state index contributed by atoms with van der Waals surface area (Å²) in [4.78, 5) is 11.9. The van der Waals surface area contributed by atoms with Gasteiger partial charge in [-0.05, 0) is 50.3 Å². The molecule has 1 atom stereocenters. The molecule has 0 bridgehead atoms. The molecule has 1 aromatic carbocycles. The van der Waals surface area contributed by atoms with Gasteiger partial charge in [-0.2, -0.15) is 0 Å². The number of carbonyl (C=O) groups excluding carboxylic acids is 1. The summed E-state index contributed by atoms with van der Waals surface area (Å²) < 4.78 is 10.5. The van der Waals surface area contributed by atoms with Crippen molar-refractivity contribution in [1.29, 1.82) is 0 Å². The number of carbonyl (C=O) groups is 1. The second-order valence-corrected chi connectivity index (χ2v) is 4.88. The molecule has 3 nitrogen and oxygen atoms in total. The summed E-state index contributed by atoms with van der Waals surface area (Å²) in [5, 5.41) is 0. The highest BCUT2D eigenvalue weighted by Crippen LogP contribution is 2.33. The molecular formula is C17H22O3. The third-order valence-corrected chi connectivity index (χ3v) is 3.54. The van der Waals surface area contributed by atoms with Gasteiger partial charge in [0.05, 0.1) is 13.2 Å². The van der Waals surface area contributed by atoms with Crippen LogP contribution in [0.25, 0.3) is 0 Å². The van der Waals surface area contributed by atoms with E-state index in [-0.39, 0.29) is 11.9 Å². The highest BCUT2D eigenvalue weighted by molar-refractivity contribution is 5.86. The highest BCUT2D eigenvalue weighted by atomic mass is 16.6. The van der Waals surface area contributed by atoms with E-state index in [1.165, 1.54) is 11.1 Å². The van der Waals surface area contributed by atoms with E-state index in [1.807, 2.05) is 13.0 Å². The van der Waals surface area contributed by atoms with Crippen LogP contribution < -0.4 is 0 Å². The van der Waals surface area contributed by atoms with Crippen molar-refractivity contribution in [2.75, 3.05) is 13.2 Å². The van der Waals surface area contributed by atoms with Crippen molar-refractivity contribution in [3.8, 4) is 0 Å². The number of esters is 1. The molecule has 0 spiro atoms. The van der Waals surface area contributed by atoms with Crippen molar-refractivity contribution in [3.05, 3.63) is 47.2 Å². The lowest BCUT2D eigenvalue weighted by atomic mass is 9.82. The van der Waals surface area contributed by atoms with E-state index in [9.17, 15) is 4.79 Å². The van der Waals surface area contributed by atoms with E-state index < -0.39 is 0 Å². The Labute approximate surface area is 120 Å². The Hall–Kier alpha value is -1.77. The molecule has 0 saturated heterocycles. The van der Waals surface area contributed by atoms with E-state index in [0.717, 1.165) is 19.3 Å². The third-order valence-electron chi connectivity index (χ3n) is 3.54. The van der Waals surface area contributed by atoms with Crippen LogP contribution in [0, 0.1) is 0 Å². The van der Waals surface area contributed by atoms with E-state index >= 15 is 0 Å². The van der Waals surface area contributed by atoms with Crippen LogP contribution in [0.4, 0.5) is 0 Å². The summed E-state index contributed by atoms with van der Waals surface area (Å²) in [7, 11) is 0. The molecule has 1 aliphatic rings. The van der Waals surface area contributed by atoms with Gasteiger partial charge in [0.25, 0.3) is 0 Å². The Morgan fingerprint density at radius 1 is 1.25 bits per heavy atom. The van der Waals surface area contributed by atoms with Crippen LogP contribution in [0.5, 0.6) is 0 Å². The third kappa shape index (κ3) is 3.41. The fourth-order valence-electron chi connectivity index (χ4n) is 2.68. The Bertz CT molecular complexity index is 491. The zero-order valence-corrected chi connectivity index (χ0v) is 12.2. The van der Waals surface area contributed by atoms with Crippen molar-refractivity contribution in [3.63, 3.8) is 0 Å². The minimum absolute atomic E-state index is 0.242. The van der Waals surface area contributed by atoms with Gasteiger partial charge in [0.15, 0.2) is 0 Å². The molecule has 0 heterocycles. The van der Waals surface area contributed by atoms with Crippen LogP contribution in [0.15, 0.2) is 36.1 Å². The van der Waals surface area contributed by atoms with Gasteiger partial charge >= 0.3 is 5.97 Å². The molecule has 0 saturated carbocycles. The molecule has 0 amide bonds. The van der Waals surface area contributed by atoms with Gasteiger partial charge in [-0.3, -0.25) is 0 Å². The molecule has 2 rings (SSSR count). The molecule has 1 aromatic rings. The molecule has 0 N–H and O–H groups in total. The minimum atomic E-state index is -0.364. The average molecular weight is 274 g/mol. The highest BCUT2D eigenvalue weighted by Gasteiger charge is 2.21. The maximum Gasteiger partial charge on any atom is 0.373 e. The summed E-state index contributed by atoms with van der Waals surface area (Å²) in [6.07, 6.45) is 5.23. The lowest BCUT2D eigenvalue weighted by Gasteiger charge is -2.23. The Morgan fingerprint density at radius 2 is 2.00 bits per heavy atom. The maximum absolute atomic E-state index is 11.9. The average Bonchev–Trinajstić information content (AvgIpc) is 2.47. The summed E-state index contributed by atoms with van der Waals surface area (Å²) >= 11 is 0. The number of hydrogen-bond donors (Lipinski definition) is 0. The number of fused-ring (bicyclic) bond motifs is 1. The first kappa shape index (κ1) is 14.6. The monoisotopic (exact) mass is 274 g/mol. The van der Waals surface area contributed by atoms with E-state index in [4.69, 9.17) is 9.47 Å². The normalized spacial score (nSPS) is 18.3. The van der Waals surface area contributed by atoms with Gasteiger partial charge in [0.2, 0.25) is 5.76 Å². The van der Waals surface area contributed by atoms with Crippen molar-refractivity contribution in [1.82, 2.24) is 0 Å². The van der Waals surface area contributed by atoms with E-state index in [2.05, 4.69) is 24.3 Å². The molecule has 0 fully saturated rings. The van der Waals surface area contributed by atoms with Crippen molar-refractivity contribution in [2.45, 2.75) is 39.0 Å². The first-order valence-electron chi connectivity index (χ1n) is 7.35. The summed E-state index contributed by atoms with van der Waals surface area (Å²) in [6, 6.07) is 8.43. The van der Waals surface area contributed by atoms with Gasteiger partial charge in [-0.15, -0.1) is 0 Å². The van der Waals surface area contributed by atoms with Crippen molar-refractivity contribution in [2.24, 2.45) is 0 Å². The Kier molecular flexibility index (Phi) is 5.22. The number of allylic oxidation sites excluding steroid dienone is 1. The van der Waals surface area contributed by atoms with Crippen LogP contribution in [-0.4, -0.2) is 19.2 Å². The predicted molar refractivity (Wildman–Crippen MR) is 78.5 cm³/mol. The van der Waals surface area contributed by atoms with E-state index in [1.54, 1.807) is 6.92 Å². The zero-order chi connectivity index (χ0) is 14.4. The van der Waals surface area contributed by atoms with Crippen LogP contribution in [0.2, 0.25) is 0 Å². The SMILES string of the molecule is CCOC(=O)/C(=C/[C@@H]1CCCc2ccccc21)OCC. The van der Waals surface area contributed by atoms with Crippen LogP contribution in [-0.2, 0) is 20.7 Å². The zero-order valence-electron chi connectivity index (χ0n) is 12.2. The molecule has 0 unspecified atom stereocenters. The molecule has 108 valence electrons. The largest absolute Gasteiger partial charge is 0.487 e. The Morgan fingerprint density at radius 3 is 2.75 bits per heavy atom.